The van der Waals surface area contributed by atoms with Gasteiger partial charge in [-0.25, -0.2) is 4.79 Å². The predicted molar refractivity (Wildman–Crippen MR) is 110 cm³/mol. The summed E-state index contributed by atoms with van der Waals surface area (Å²) in [6.07, 6.45) is 0.117. The van der Waals surface area contributed by atoms with Crippen molar-refractivity contribution >= 4 is 39.4 Å². The van der Waals surface area contributed by atoms with Crippen molar-refractivity contribution in [2.75, 3.05) is 21.0 Å². The first-order chi connectivity index (χ1) is 15.0. The first-order valence-corrected chi connectivity index (χ1v) is 10.1. The summed E-state index contributed by atoms with van der Waals surface area (Å²) in [5.41, 5.74) is 1.42. The molecule has 0 radical (unpaired) electrons. The third kappa shape index (κ3) is 4.15. The highest BCUT2D eigenvalue weighted by Crippen LogP contribution is 2.37. The third-order valence-corrected chi connectivity index (χ3v) is 5.74. The molecule has 31 heavy (non-hydrogen) atoms. The normalized spacial score (nSPS) is 12.8. The minimum Gasteiger partial charge on any atom is -0.469 e. The molecule has 4 rings (SSSR count). The van der Waals surface area contributed by atoms with Crippen molar-refractivity contribution in [3.63, 3.8) is 0 Å². The average molecular weight is 442 g/mol. The maximum Gasteiger partial charge on any atom is 0.337 e. The summed E-state index contributed by atoms with van der Waals surface area (Å²) < 4.78 is 22.9. The van der Waals surface area contributed by atoms with Gasteiger partial charge in [0.1, 0.15) is 0 Å². The summed E-state index contributed by atoms with van der Waals surface area (Å²) in [4.78, 5) is 40.7. The Hall–Kier alpha value is -3.66. The van der Waals surface area contributed by atoms with E-state index in [2.05, 4.69) is 9.73 Å². The monoisotopic (exact) mass is 442 g/mol. The highest BCUT2D eigenvalue weighted by Gasteiger charge is 2.19. The Morgan fingerprint density at radius 1 is 1.03 bits per heavy atom. The van der Waals surface area contributed by atoms with Crippen molar-refractivity contribution in [1.82, 2.24) is 4.57 Å². The number of carbonyl (C=O) groups is 3. The van der Waals surface area contributed by atoms with Crippen molar-refractivity contribution in [2.45, 2.75) is 13.0 Å². The van der Waals surface area contributed by atoms with Gasteiger partial charge in [0.25, 0.3) is 5.91 Å². The molecule has 9 nitrogen and oxygen atoms in total. The number of aromatic nitrogens is 1. The molecule has 0 atom stereocenters. The van der Waals surface area contributed by atoms with Crippen LogP contribution in [0.5, 0.6) is 11.5 Å². The van der Waals surface area contributed by atoms with E-state index in [1.165, 1.54) is 49.8 Å². The molecule has 0 saturated heterocycles. The zero-order valence-corrected chi connectivity index (χ0v) is 17.6. The molecule has 3 aromatic rings. The lowest BCUT2D eigenvalue weighted by atomic mass is 10.1. The molecule has 0 aliphatic carbocycles. The summed E-state index contributed by atoms with van der Waals surface area (Å²) in [5.74, 6) is -0.129. The highest BCUT2D eigenvalue weighted by atomic mass is 32.1. The molecular formula is C21H18N2O7S. The molecule has 1 aliphatic rings. The smallest absolute Gasteiger partial charge is 0.337 e. The number of hydrogen-bond donors (Lipinski definition) is 0. The number of thiazole rings is 1. The highest BCUT2D eigenvalue weighted by molar-refractivity contribution is 7.16. The Morgan fingerprint density at radius 3 is 2.39 bits per heavy atom. The van der Waals surface area contributed by atoms with Crippen molar-refractivity contribution in [1.29, 1.82) is 0 Å². The molecule has 0 bridgehead atoms. The number of esters is 2. The molecule has 1 aromatic heterocycles. The van der Waals surface area contributed by atoms with Gasteiger partial charge in [-0.15, -0.1) is 0 Å². The van der Waals surface area contributed by atoms with Crippen LogP contribution in [0, 0.1) is 0 Å². The standard InChI is InChI=1S/C21H18N2O7S/c1-27-18(24)7-8-23-14-9-15-16(30-11-29-15)10-17(14)31-21(23)22-19(25)12-3-5-13(6-4-12)20(26)28-2/h3-6,9-10H,7-8,11H2,1-2H3. The van der Waals surface area contributed by atoms with Crippen LogP contribution in [-0.4, -0.2) is 43.4 Å². The Bertz CT molecular complexity index is 1240. The summed E-state index contributed by atoms with van der Waals surface area (Å²) in [7, 11) is 2.61. The third-order valence-electron chi connectivity index (χ3n) is 4.69. The SMILES string of the molecule is COC(=O)CCn1c(=NC(=O)c2ccc(C(=O)OC)cc2)sc2cc3c(cc21)OCO3. The summed E-state index contributed by atoms with van der Waals surface area (Å²) in [6, 6.07) is 9.67. The van der Waals surface area contributed by atoms with Crippen LogP contribution in [0.3, 0.4) is 0 Å². The van der Waals surface area contributed by atoms with Gasteiger partial charge in [-0.2, -0.15) is 4.99 Å². The number of fused-ring (bicyclic) bond motifs is 2. The summed E-state index contributed by atoms with van der Waals surface area (Å²) >= 11 is 1.30. The largest absolute Gasteiger partial charge is 0.469 e. The van der Waals surface area contributed by atoms with E-state index in [0.29, 0.717) is 27.4 Å². The minimum absolute atomic E-state index is 0.117. The Balaban J connectivity index is 1.74. The lowest BCUT2D eigenvalue weighted by Crippen LogP contribution is -2.19. The number of benzene rings is 2. The van der Waals surface area contributed by atoms with Crippen LogP contribution in [0.4, 0.5) is 0 Å². The maximum absolute atomic E-state index is 12.8. The lowest BCUT2D eigenvalue weighted by Gasteiger charge is -2.05. The van der Waals surface area contributed by atoms with Crippen LogP contribution in [-0.2, 0) is 20.8 Å². The van der Waals surface area contributed by atoms with E-state index < -0.39 is 11.9 Å². The maximum atomic E-state index is 12.8. The van der Waals surface area contributed by atoms with Gasteiger partial charge in [-0.3, -0.25) is 9.59 Å². The number of methoxy groups -OCH3 is 2. The molecule has 160 valence electrons. The van der Waals surface area contributed by atoms with E-state index in [-0.39, 0.29) is 25.7 Å². The van der Waals surface area contributed by atoms with Gasteiger partial charge in [0, 0.05) is 24.2 Å². The van der Waals surface area contributed by atoms with Gasteiger partial charge in [0.2, 0.25) is 6.79 Å². The number of rotatable bonds is 5. The summed E-state index contributed by atoms with van der Waals surface area (Å²) in [6.45, 7) is 0.422. The Labute approximate surface area is 180 Å². The van der Waals surface area contributed by atoms with E-state index in [1.54, 1.807) is 10.6 Å². The van der Waals surface area contributed by atoms with Gasteiger partial charge in [0.15, 0.2) is 16.3 Å². The lowest BCUT2D eigenvalue weighted by molar-refractivity contribution is -0.140. The van der Waals surface area contributed by atoms with Crippen molar-refractivity contribution in [3.05, 3.63) is 52.3 Å². The van der Waals surface area contributed by atoms with Crippen molar-refractivity contribution in [3.8, 4) is 11.5 Å². The molecule has 2 heterocycles. The molecular weight excluding hydrogens is 424 g/mol. The predicted octanol–water partition coefficient (Wildman–Crippen LogP) is 2.52. The molecule has 0 fully saturated rings. The zero-order valence-electron chi connectivity index (χ0n) is 16.7. The molecule has 0 saturated carbocycles. The second-order valence-corrected chi connectivity index (χ2v) is 7.53. The fourth-order valence-corrected chi connectivity index (χ4v) is 4.15. The number of hydrogen-bond acceptors (Lipinski definition) is 8. The number of amides is 1. The van der Waals surface area contributed by atoms with E-state index in [1.807, 2.05) is 6.07 Å². The van der Waals surface area contributed by atoms with Gasteiger partial charge in [-0.05, 0) is 24.3 Å². The molecule has 0 unspecified atom stereocenters. The number of nitrogens with zero attached hydrogens (tertiary/aromatic N) is 2. The molecule has 0 spiro atoms. The molecule has 1 aliphatic heterocycles. The van der Waals surface area contributed by atoms with Gasteiger partial charge >= 0.3 is 11.9 Å². The first kappa shape index (κ1) is 20.6. The fourth-order valence-electron chi connectivity index (χ4n) is 3.08. The van der Waals surface area contributed by atoms with Crippen molar-refractivity contribution < 1.29 is 33.3 Å². The van der Waals surface area contributed by atoms with Crippen LogP contribution in [0.15, 0.2) is 41.4 Å². The summed E-state index contributed by atoms with van der Waals surface area (Å²) in [5, 5.41) is 0. The van der Waals surface area contributed by atoms with Crippen LogP contribution in [0.25, 0.3) is 10.2 Å². The number of carbonyl (C=O) groups excluding carboxylic acids is 3. The number of aryl methyl sites for hydroxylation is 1. The van der Waals surface area contributed by atoms with Crippen LogP contribution in [0.2, 0.25) is 0 Å². The van der Waals surface area contributed by atoms with E-state index >= 15 is 0 Å². The van der Waals surface area contributed by atoms with Gasteiger partial charge in [0.05, 0.1) is 36.4 Å². The Kier molecular flexibility index (Phi) is 5.72. The van der Waals surface area contributed by atoms with E-state index in [4.69, 9.17) is 14.2 Å². The zero-order chi connectivity index (χ0) is 22.0. The van der Waals surface area contributed by atoms with Crippen LogP contribution in [0.1, 0.15) is 27.1 Å². The van der Waals surface area contributed by atoms with Crippen molar-refractivity contribution in [2.24, 2.45) is 4.99 Å². The molecule has 1 amide bonds. The van der Waals surface area contributed by atoms with Crippen LogP contribution < -0.4 is 14.3 Å². The fraction of sp³-hybridized carbons (Fsp3) is 0.238. The quantitative estimate of drug-likeness (QED) is 0.559. The topological polar surface area (TPSA) is 105 Å². The molecule has 2 aromatic carbocycles. The first-order valence-electron chi connectivity index (χ1n) is 9.27. The minimum atomic E-state index is -0.487. The van der Waals surface area contributed by atoms with Crippen LogP contribution >= 0.6 is 11.3 Å². The van der Waals surface area contributed by atoms with E-state index in [9.17, 15) is 14.4 Å². The molecule has 10 heteroatoms. The average Bonchev–Trinajstić information content (AvgIpc) is 3.38. The number of ether oxygens (including phenoxy) is 4. The molecule has 0 N–H and O–H groups in total. The van der Waals surface area contributed by atoms with Gasteiger partial charge in [-0.1, -0.05) is 11.3 Å². The second-order valence-electron chi connectivity index (χ2n) is 6.52. The Morgan fingerprint density at radius 2 is 1.71 bits per heavy atom. The van der Waals surface area contributed by atoms with E-state index in [0.717, 1.165) is 10.2 Å². The second kappa shape index (κ2) is 8.60. The van der Waals surface area contributed by atoms with Gasteiger partial charge < -0.3 is 23.5 Å².